The monoisotopic (exact) mass is 282 g/mol. The highest BCUT2D eigenvalue weighted by Crippen LogP contribution is 2.37. The van der Waals surface area contributed by atoms with Gasteiger partial charge in [-0.3, -0.25) is 10.1 Å². The van der Waals surface area contributed by atoms with Crippen LogP contribution >= 0.6 is 0 Å². The molecule has 116 valence electrons. The van der Waals surface area contributed by atoms with E-state index in [-0.39, 0.29) is 12.0 Å². The number of piperidine rings is 1. The van der Waals surface area contributed by atoms with Crippen molar-refractivity contribution in [3.8, 4) is 0 Å². The van der Waals surface area contributed by atoms with Gasteiger partial charge in [-0.15, -0.1) is 0 Å². The molecular weight excluding hydrogens is 252 g/mol. The van der Waals surface area contributed by atoms with Crippen LogP contribution in [0.3, 0.4) is 0 Å². The summed E-state index contributed by atoms with van der Waals surface area (Å²) < 4.78 is 5.27. The molecule has 1 aliphatic heterocycles. The smallest absolute Gasteiger partial charge is 0.326 e. The molecule has 0 radical (unpaired) electrons. The second-order valence-electron chi connectivity index (χ2n) is 6.93. The Hall–Kier alpha value is -0.610. The number of likely N-dealkylation sites (tertiary alicyclic amines) is 1. The maximum Gasteiger partial charge on any atom is 0.326 e. The molecule has 0 amide bonds. The van der Waals surface area contributed by atoms with E-state index in [4.69, 9.17) is 4.74 Å². The standard InChI is InChI=1S/C16H30N2O2/c1-5-20-15(19)16(4,17-12(2)3)8-9-18-11-13-6-7-14(18)10-13/h12-14,17H,5-11H2,1-4H3. The van der Waals surface area contributed by atoms with Crippen LogP contribution < -0.4 is 5.32 Å². The van der Waals surface area contributed by atoms with E-state index in [9.17, 15) is 4.79 Å². The zero-order valence-corrected chi connectivity index (χ0v) is 13.4. The van der Waals surface area contributed by atoms with Crippen LogP contribution in [0.5, 0.6) is 0 Å². The van der Waals surface area contributed by atoms with E-state index in [1.165, 1.54) is 25.8 Å². The van der Waals surface area contributed by atoms with Gasteiger partial charge in [-0.2, -0.15) is 0 Å². The highest BCUT2D eigenvalue weighted by molar-refractivity contribution is 5.80. The van der Waals surface area contributed by atoms with Gasteiger partial charge in [0.25, 0.3) is 0 Å². The van der Waals surface area contributed by atoms with Gasteiger partial charge in [0, 0.05) is 25.2 Å². The fraction of sp³-hybridized carbons (Fsp3) is 0.938. The molecule has 1 saturated carbocycles. The van der Waals surface area contributed by atoms with Gasteiger partial charge in [-0.1, -0.05) is 0 Å². The maximum atomic E-state index is 12.3. The number of fused-ring (bicyclic) bond motifs is 2. The van der Waals surface area contributed by atoms with Crippen molar-refractivity contribution in [1.29, 1.82) is 0 Å². The molecule has 2 aliphatic rings. The molecule has 1 N–H and O–H groups in total. The molecule has 4 nitrogen and oxygen atoms in total. The molecular formula is C16H30N2O2. The summed E-state index contributed by atoms with van der Waals surface area (Å²) in [5.41, 5.74) is -0.563. The van der Waals surface area contributed by atoms with Gasteiger partial charge in [0.2, 0.25) is 0 Å². The Kier molecular flexibility index (Phi) is 5.08. The number of esters is 1. The van der Waals surface area contributed by atoms with E-state index in [0.29, 0.717) is 6.61 Å². The minimum atomic E-state index is -0.563. The summed E-state index contributed by atoms with van der Waals surface area (Å²) in [7, 11) is 0. The van der Waals surface area contributed by atoms with E-state index in [1.807, 2.05) is 13.8 Å². The minimum Gasteiger partial charge on any atom is -0.465 e. The van der Waals surface area contributed by atoms with E-state index in [2.05, 4.69) is 24.1 Å². The third-order valence-corrected chi connectivity index (χ3v) is 4.75. The quantitative estimate of drug-likeness (QED) is 0.727. The lowest BCUT2D eigenvalue weighted by molar-refractivity contribution is -0.151. The van der Waals surface area contributed by atoms with Crippen molar-refractivity contribution in [2.24, 2.45) is 5.92 Å². The van der Waals surface area contributed by atoms with Crippen molar-refractivity contribution in [1.82, 2.24) is 10.2 Å². The van der Waals surface area contributed by atoms with Crippen LogP contribution in [0.15, 0.2) is 0 Å². The van der Waals surface area contributed by atoms with Crippen molar-refractivity contribution >= 4 is 5.97 Å². The average molecular weight is 282 g/mol. The van der Waals surface area contributed by atoms with Crippen molar-refractivity contribution in [3.05, 3.63) is 0 Å². The molecule has 1 heterocycles. The largest absolute Gasteiger partial charge is 0.465 e. The zero-order valence-electron chi connectivity index (χ0n) is 13.4. The number of carbonyl (C=O) groups excluding carboxylic acids is 1. The first-order chi connectivity index (χ1) is 9.44. The first-order valence-corrected chi connectivity index (χ1v) is 8.13. The fourth-order valence-corrected chi connectivity index (χ4v) is 3.83. The van der Waals surface area contributed by atoms with Gasteiger partial charge in [-0.05, 0) is 59.3 Å². The molecule has 2 bridgehead atoms. The van der Waals surface area contributed by atoms with Crippen LogP contribution in [0.1, 0.15) is 53.4 Å². The molecule has 0 aromatic rings. The SMILES string of the molecule is CCOC(=O)C(C)(CCN1CC2CCC1C2)NC(C)C. The van der Waals surface area contributed by atoms with Gasteiger partial charge in [0.1, 0.15) is 5.54 Å². The van der Waals surface area contributed by atoms with E-state index in [1.54, 1.807) is 0 Å². The van der Waals surface area contributed by atoms with E-state index < -0.39 is 5.54 Å². The summed E-state index contributed by atoms with van der Waals surface area (Å²) in [6.07, 6.45) is 4.94. The van der Waals surface area contributed by atoms with Crippen LogP contribution in [0.2, 0.25) is 0 Å². The summed E-state index contributed by atoms with van der Waals surface area (Å²) in [6.45, 7) is 10.7. The molecule has 0 spiro atoms. The van der Waals surface area contributed by atoms with Crippen LogP contribution in [-0.2, 0) is 9.53 Å². The lowest BCUT2D eigenvalue weighted by Gasteiger charge is -2.34. The molecule has 3 atom stereocenters. The highest BCUT2D eigenvalue weighted by atomic mass is 16.5. The number of nitrogens with zero attached hydrogens (tertiary/aromatic N) is 1. The average Bonchev–Trinajstić information content (AvgIpc) is 2.98. The Balaban J connectivity index is 1.91. The topological polar surface area (TPSA) is 41.6 Å². The molecule has 0 aromatic carbocycles. The van der Waals surface area contributed by atoms with Gasteiger partial charge < -0.3 is 9.64 Å². The lowest BCUT2D eigenvalue weighted by atomic mass is 9.95. The highest BCUT2D eigenvalue weighted by Gasteiger charge is 2.40. The Bertz CT molecular complexity index is 345. The van der Waals surface area contributed by atoms with Gasteiger partial charge in [0.05, 0.1) is 6.61 Å². The van der Waals surface area contributed by atoms with E-state index >= 15 is 0 Å². The number of ether oxygens (including phenoxy) is 1. The lowest BCUT2D eigenvalue weighted by Crippen LogP contribution is -2.55. The second-order valence-corrected chi connectivity index (χ2v) is 6.93. The number of carbonyl (C=O) groups is 1. The molecule has 1 saturated heterocycles. The van der Waals surface area contributed by atoms with Crippen molar-refractivity contribution in [3.63, 3.8) is 0 Å². The summed E-state index contributed by atoms with van der Waals surface area (Å²) in [5, 5.41) is 3.41. The molecule has 0 aromatic heterocycles. The normalized spacial score (nSPS) is 28.9. The number of hydrogen-bond acceptors (Lipinski definition) is 4. The number of nitrogens with one attached hydrogen (secondary N) is 1. The molecule has 1 aliphatic carbocycles. The first-order valence-electron chi connectivity index (χ1n) is 8.13. The zero-order chi connectivity index (χ0) is 14.8. The Labute approximate surface area is 123 Å². The molecule has 3 unspecified atom stereocenters. The molecule has 4 heteroatoms. The summed E-state index contributed by atoms with van der Waals surface area (Å²) in [4.78, 5) is 14.8. The third kappa shape index (κ3) is 3.53. The van der Waals surface area contributed by atoms with Crippen molar-refractivity contribution in [2.45, 2.75) is 71.0 Å². The fourth-order valence-electron chi connectivity index (χ4n) is 3.83. The maximum absolute atomic E-state index is 12.3. The van der Waals surface area contributed by atoms with Crippen LogP contribution in [0.25, 0.3) is 0 Å². The van der Waals surface area contributed by atoms with Crippen molar-refractivity contribution < 1.29 is 9.53 Å². The van der Waals surface area contributed by atoms with Gasteiger partial charge in [-0.25, -0.2) is 0 Å². The number of hydrogen-bond donors (Lipinski definition) is 1. The predicted octanol–water partition coefficient (Wildman–Crippen LogP) is 2.18. The number of rotatable bonds is 7. The third-order valence-electron chi connectivity index (χ3n) is 4.75. The van der Waals surface area contributed by atoms with Crippen LogP contribution in [0, 0.1) is 5.92 Å². The van der Waals surface area contributed by atoms with Gasteiger partial charge in [0.15, 0.2) is 0 Å². The second kappa shape index (κ2) is 6.44. The van der Waals surface area contributed by atoms with Crippen LogP contribution in [-0.4, -0.2) is 48.2 Å². The van der Waals surface area contributed by atoms with Crippen molar-refractivity contribution in [2.75, 3.05) is 19.7 Å². The minimum absolute atomic E-state index is 0.113. The summed E-state index contributed by atoms with van der Waals surface area (Å²) >= 11 is 0. The van der Waals surface area contributed by atoms with Crippen LogP contribution in [0.4, 0.5) is 0 Å². The Morgan fingerprint density at radius 1 is 1.45 bits per heavy atom. The molecule has 20 heavy (non-hydrogen) atoms. The van der Waals surface area contributed by atoms with Gasteiger partial charge >= 0.3 is 5.97 Å². The van der Waals surface area contributed by atoms with E-state index in [0.717, 1.165) is 24.9 Å². The summed E-state index contributed by atoms with van der Waals surface area (Å²) in [5.74, 6) is 0.796. The predicted molar refractivity (Wildman–Crippen MR) is 80.6 cm³/mol. The first kappa shape index (κ1) is 15.8. The molecule has 2 rings (SSSR count). The Morgan fingerprint density at radius 3 is 2.70 bits per heavy atom. The molecule has 2 fully saturated rings. The Morgan fingerprint density at radius 2 is 2.20 bits per heavy atom. The summed E-state index contributed by atoms with van der Waals surface area (Å²) in [6, 6.07) is 1.05.